The number of fused-ring (bicyclic) bond motifs is 1. The van der Waals surface area contributed by atoms with Gasteiger partial charge in [0, 0.05) is 6.54 Å². The van der Waals surface area contributed by atoms with Crippen LogP contribution in [0.3, 0.4) is 0 Å². The molecule has 0 spiro atoms. The van der Waals surface area contributed by atoms with Crippen LogP contribution in [0.1, 0.15) is 29.9 Å². The lowest BCUT2D eigenvalue weighted by Gasteiger charge is -2.24. The van der Waals surface area contributed by atoms with Gasteiger partial charge in [0.05, 0.1) is 31.6 Å². The average molecular weight is 223 g/mol. The van der Waals surface area contributed by atoms with Gasteiger partial charge in [0.2, 0.25) is 0 Å². The summed E-state index contributed by atoms with van der Waals surface area (Å²) in [6.07, 6.45) is 3.31. The average Bonchev–Trinajstić information content (AvgIpc) is 2.72. The van der Waals surface area contributed by atoms with Crippen molar-refractivity contribution in [2.75, 3.05) is 13.2 Å². The normalized spacial score (nSPS) is 18.8. The van der Waals surface area contributed by atoms with Gasteiger partial charge in [-0.3, -0.25) is 9.59 Å². The number of carbonyl (C=O) groups is 2. The van der Waals surface area contributed by atoms with Gasteiger partial charge in [0.1, 0.15) is 5.69 Å². The molecule has 86 valence electrons. The molecule has 2 heterocycles. The van der Waals surface area contributed by atoms with Crippen molar-refractivity contribution in [3.8, 4) is 0 Å². The lowest BCUT2D eigenvalue weighted by molar-refractivity contribution is -0.144. The van der Waals surface area contributed by atoms with Gasteiger partial charge >= 0.3 is 5.97 Å². The van der Waals surface area contributed by atoms with Gasteiger partial charge in [-0.1, -0.05) is 0 Å². The first-order valence-electron chi connectivity index (χ1n) is 5.18. The van der Waals surface area contributed by atoms with Crippen molar-refractivity contribution in [3.63, 3.8) is 0 Å². The number of nitrogens with zero attached hydrogens (tertiary/aromatic N) is 2. The molecule has 6 nitrogen and oxygen atoms in total. The van der Waals surface area contributed by atoms with Crippen molar-refractivity contribution < 1.29 is 14.3 Å². The Morgan fingerprint density at radius 2 is 2.56 bits per heavy atom. The summed E-state index contributed by atoms with van der Waals surface area (Å²) in [4.78, 5) is 26.7. The molecule has 2 rings (SSSR count). The Bertz CT molecular complexity index is 413. The molecule has 0 saturated heterocycles. The van der Waals surface area contributed by atoms with Crippen LogP contribution < -0.4 is 5.32 Å². The second kappa shape index (κ2) is 4.34. The highest BCUT2D eigenvalue weighted by Crippen LogP contribution is 2.18. The van der Waals surface area contributed by atoms with Gasteiger partial charge in [-0.2, -0.15) is 0 Å². The minimum absolute atomic E-state index is 0.103. The van der Waals surface area contributed by atoms with Crippen molar-refractivity contribution in [2.45, 2.75) is 19.4 Å². The number of amides is 1. The van der Waals surface area contributed by atoms with Crippen molar-refractivity contribution in [2.24, 2.45) is 0 Å². The van der Waals surface area contributed by atoms with E-state index in [4.69, 9.17) is 4.74 Å². The number of nitrogens with one attached hydrogen (secondary N) is 1. The highest BCUT2D eigenvalue weighted by atomic mass is 16.5. The second-order valence-corrected chi connectivity index (χ2v) is 3.56. The Morgan fingerprint density at radius 1 is 1.75 bits per heavy atom. The highest BCUT2D eigenvalue weighted by molar-refractivity contribution is 5.93. The summed E-state index contributed by atoms with van der Waals surface area (Å²) >= 11 is 0. The van der Waals surface area contributed by atoms with E-state index in [0.717, 1.165) is 0 Å². The van der Waals surface area contributed by atoms with Gasteiger partial charge in [-0.15, -0.1) is 0 Å². The molecule has 0 aliphatic carbocycles. The van der Waals surface area contributed by atoms with Crippen molar-refractivity contribution in [1.82, 2.24) is 14.9 Å². The van der Waals surface area contributed by atoms with Crippen LogP contribution in [-0.4, -0.2) is 34.6 Å². The van der Waals surface area contributed by atoms with E-state index in [1.54, 1.807) is 17.8 Å². The quantitative estimate of drug-likeness (QED) is 0.739. The van der Waals surface area contributed by atoms with Crippen LogP contribution in [0, 0.1) is 0 Å². The van der Waals surface area contributed by atoms with E-state index in [0.29, 0.717) is 18.8 Å². The summed E-state index contributed by atoms with van der Waals surface area (Å²) in [5, 5.41) is 2.71. The van der Waals surface area contributed by atoms with E-state index in [9.17, 15) is 9.59 Å². The van der Waals surface area contributed by atoms with Crippen LogP contribution in [0.5, 0.6) is 0 Å². The smallest absolute Gasteiger partial charge is 0.307 e. The largest absolute Gasteiger partial charge is 0.466 e. The van der Waals surface area contributed by atoms with Gasteiger partial charge in [-0.25, -0.2) is 4.98 Å². The van der Waals surface area contributed by atoms with Crippen LogP contribution in [0.15, 0.2) is 12.5 Å². The number of rotatable bonds is 3. The molecule has 0 unspecified atom stereocenters. The minimum Gasteiger partial charge on any atom is -0.466 e. The molecule has 1 aromatic heterocycles. The fraction of sp³-hybridized carbons (Fsp3) is 0.500. The van der Waals surface area contributed by atoms with Crippen LogP contribution in [0.2, 0.25) is 0 Å². The van der Waals surface area contributed by atoms with E-state index in [2.05, 4.69) is 10.3 Å². The molecule has 0 bridgehead atoms. The predicted octanol–water partition coefficient (Wildman–Crippen LogP) is 0.121. The summed E-state index contributed by atoms with van der Waals surface area (Å²) < 4.78 is 6.60. The fourth-order valence-corrected chi connectivity index (χ4v) is 1.75. The third-order valence-electron chi connectivity index (χ3n) is 2.50. The third kappa shape index (κ3) is 1.91. The Balaban J connectivity index is 2.11. The number of carbonyl (C=O) groups excluding carboxylic acids is 2. The number of ether oxygens (including phenoxy) is 1. The number of aromatic nitrogens is 2. The molecule has 16 heavy (non-hydrogen) atoms. The maximum absolute atomic E-state index is 11.4. The first-order chi connectivity index (χ1) is 7.72. The Hall–Kier alpha value is -1.85. The number of imidazole rings is 1. The molecule has 1 aliphatic heterocycles. The zero-order valence-electron chi connectivity index (χ0n) is 8.97. The van der Waals surface area contributed by atoms with E-state index in [1.807, 2.05) is 0 Å². The van der Waals surface area contributed by atoms with E-state index in [1.165, 1.54) is 6.20 Å². The summed E-state index contributed by atoms with van der Waals surface area (Å²) in [5.41, 5.74) is 0.487. The maximum atomic E-state index is 11.4. The summed E-state index contributed by atoms with van der Waals surface area (Å²) in [5.74, 6) is -0.416. The van der Waals surface area contributed by atoms with Crippen LogP contribution in [0.4, 0.5) is 0 Å². The van der Waals surface area contributed by atoms with E-state index >= 15 is 0 Å². The molecular weight excluding hydrogens is 210 g/mol. The maximum Gasteiger partial charge on any atom is 0.307 e. The van der Waals surface area contributed by atoms with Gasteiger partial charge in [0.15, 0.2) is 0 Å². The fourth-order valence-electron chi connectivity index (χ4n) is 1.75. The summed E-state index contributed by atoms with van der Waals surface area (Å²) in [6.45, 7) is 2.57. The predicted molar refractivity (Wildman–Crippen MR) is 54.8 cm³/mol. The zero-order valence-corrected chi connectivity index (χ0v) is 8.97. The van der Waals surface area contributed by atoms with Crippen molar-refractivity contribution >= 4 is 11.9 Å². The lowest BCUT2D eigenvalue weighted by atomic mass is 10.1. The molecule has 1 aromatic rings. The first-order valence-corrected chi connectivity index (χ1v) is 5.18. The number of hydrogen-bond acceptors (Lipinski definition) is 4. The number of esters is 1. The topological polar surface area (TPSA) is 73.2 Å². The van der Waals surface area contributed by atoms with Crippen LogP contribution >= 0.6 is 0 Å². The van der Waals surface area contributed by atoms with E-state index < -0.39 is 0 Å². The molecule has 1 amide bonds. The molecule has 0 fully saturated rings. The monoisotopic (exact) mass is 223 g/mol. The first kappa shape index (κ1) is 10.7. The highest BCUT2D eigenvalue weighted by Gasteiger charge is 2.26. The van der Waals surface area contributed by atoms with Crippen LogP contribution in [0.25, 0.3) is 0 Å². The van der Waals surface area contributed by atoms with Crippen molar-refractivity contribution in [3.05, 3.63) is 18.2 Å². The SMILES string of the molecule is CCOC(=O)C[C@H]1CNC(=O)c2cncn21. The Labute approximate surface area is 92.6 Å². The van der Waals surface area contributed by atoms with Crippen LogP contribution in [-0.2, 0) is 9.53 Å². The second-order valence-electron chi connectivity index (χ2n) is 3.56. The molecular formula is C10H13N3O3. The molecule has 0 saturated carbocycles. The molecule has 0 radical (unpaired) electrons. The Kier molecular flexibility index (Phi) is 2.89. The minimum atomic E-state index is -0.261. The Morgan fingerprint density at radius 3 is 3.31 bits per heavy atom. The van der Waals surface area contributed by atoms with Gasteiger partial charge < -0.3 is 14.6 Å². The molecule has 0 aromatic carbocycles. The molecule has 6 heteroatoms. The standard InChI is InChI=1S/C10H13N3O3/c1-2-16-9(14)3-7-4-12-10(15)8-5-11-6-13(7)8/h5-7H,2-4H2,1H3,(H,12,15)/t7-/m0/s1. The zero-order chi connectivity index (χ0) is 11.5. The lowest BCUT2D eigenvalue weighted by Crippen LogP contribution is -2.39. The summed E-state index contributed by atoms with van der Waals surface area (Å²) in [7, 11) is 0. The van der Waals surface area contributed by atoms with E-state index in [-0.39, 0.29) is 24.3 Å². The van der Waals surface area contributed by atoms with Crippen molar-refractivity contribution in [1.29, 1.82) is 0 Å². The molecule has 1 aliphatic rings. The number of hydrogen-bond donors (Lipinski definition) is 1. The molecule has 1 atom stereocenters. The van der Waals surface area contributed by atoms with Gasteiger partial charge in [0.25, 0.3) is 5.91 Å². The summed E-state index contributed by atoms with van der Waals surface area (Å²) in [6, 6.07) is -0.103. The third-order valence-corrected chi connectivity index (χ3v) is 2.50. The van der Waals surface area contributed by atoms with Gasteiger partial charge in [-0.05, 0) is 6.92 Å². The molecule has 1 N–H and O–H groups in total.